The van der Waals surface area contributed by atoms with Crippen molar-refractivity contribution in [1.82, 2.24) is 15.5 Å². The van der Waals surface area contributed by atoms with Crippen LogP contribution in [0.3, 0.4) is 0 Å². The number of hydrogen-bond donors (Lipinski definition) is 2. The van der Waals surface area contributed by atoms with Crippen molar-refractivity contribution < 1.29 is 4.79 Å². The molecule has 2 N–H and O–H groups in total. The molecule has 1 unspecified atom stereocenters. The monoisotopic (exact) mass is 267 g/mol. The fourth-order valence-electron chi connectivity index (χ4n) is 3.44. The van der Waals surface area contributed by atoms with Crippen molar-refractivity contribution in [2.24, 2.45) is 11.3 Å². The molecule has 1 aliphatic carbocycles. The average Bonchev–Trinajstić information content (AvgIpc) is 2.76. The van der Waals surface area contributed by atoms with Gasteiger partial charge in [-0.2, -0.15) is 0 Å². The summed E-state index contributed by atoms with van der Waals surface area (Å²) in [7, 11) is 4.16. The molecule has 0 radical (unpaired) electrons. The fraction of sp³-hybridized carbons (Fsp3) is 0.933. The van der Waals surface area contributed by atoms with Gasteiger partial charge in [0.25, 0.3) is 0 Å². The first-order chi connectivity index (χ1) is 9.13. The van der Waals surface area contributed by atoms with Gasteiger partial charge in [0.15, 0.2) is 0 Å². The molecule has 2 fully saturated rings. The SMILES string of the molecule is CNCC1(CNC(=O)CCC2CCN(C)C2)CCC1. The van der Waals surface area contributed by atoms with Crippen LogP contribution in [0.1, 0.15) is 38.5 Å². The number of carbonyl (C=O) groups is 1. The molecule has 1 heterocycles. The van der Waals surface area contributed by atoms with Crippen LogP contribution in [0.4, 0.5) is 0 Å². The Morgan fingerprint density at radius 3 is 2.68 bits per heavy atom. The normalized spacial score (nSPS) is 26.1. The zero-order valence-corrected chi connectivity index (χ0v) is 12.5. The number of likely N-dealkylation sites (tertiary alicyclic amines) is 1. The molecule has 4 nitrogen and oxygen atoms in total. The number of carbonyl (C=O) groups excluding carboxylic acids is 1. The molecule has 0 aromatic rings. The third kappa shape index (κ3) is 4.18. The highest BCUT2D eigenvalue weighted by Gasteiger charge is 2.36. The molecule has 1 saturated carbocycles. The van der Waals surface area contributed by atoms with Crippen molar-refractivity contribution in [1.29, 1.82) is 0 Å². The van der Waals surface area contributed by atoms with Gasteiger partial charge >= 0.3 is 0 Å². The fourth-order valence-corrected chi connectivity index (χ4v) is 3.44. The van der Waals surface area contributed by atoms with Crippen molar-refractivity contribution in [2.75, 3.05) is 40.3 Å². The minimum absolute atomic E-state index is 0.247. The summed E-state index contributed by atoms with van der Waals surface area (Å²) in [6, 6.07) is 0. The molecule has 0 aromatic heterocycles. The molecule has 0 bridgehead atoms. The van der Waals surface area contributed by atoms with Crippen LogP contribution in [0.5, 0.6) is 0 Å². The van der Waals surface area contributed by atoms with E-state index < -0.39 is 0 Å². The van der Waals surface area contributed by atoms with E-state index in [1.165, 1.54) is 32.2 Å². The molecule has 1 saturated heterocycles. The van der Waals surface area contributed by atoms with Crippen molar-refractivity contribution in [3.8, 4) is 0 Å². The predicted molar refractivity (Wildman–Crippen MR) is 78.1 cm³/mol. The largest absolute Gasteiger partial charge is 0.355 e. The van der Waals surface area contributed by atoms with Gasteiger partial charge in [-0.1, -0.05) is 6.42 Å². The first kappa shape index (κ1) is 14.8. The summed E-state index contributed by atoms with van der Waals surface area (Å²) in [5, 5.41) is 6.41. The standard InChI is InChI=1S/C15H29N3O/c1-16-11-15(7-3-8-15)12-17-14(19)5-4-13-6-9-18(2)10-13/h13,16H,3-12H2,1-2H3,(H,17,19). The van der Waals surface area contributed by atoms with Crippen LogP contribution in [0.15, 0.2) is 0 Å². The molecule has 2 aliphatic rings. The van der Waals surface area contributed by atoms with Crippen LogP contribution in [-0.4, -0.2) is 51.1 Å². The lowest BCUT2D eigenvalue weighted by atomic mass is 9.68. The van der Waals surface area contributed by atoms with Gasteiger partial charge in [-0.3, -0.25) is 4.79 Å². The quantitative estimate of drug-likeness (QED) is 0.729. The molecular formula is C15H29N3O. The summed E-state index contributed by atoms with van der Waals surface area (Å²) in [6.45, 7) is 4.24. The first-order valence-corrected chi connectivity index (χ1v) is 7.73. The van der Waals surface area contributed by atoms with Crippen LogP contribution in [0, 0.1) is 11.3 Å². The maximum Gasteiger partial charge on any atom is 0.220 e. The van der Waals surface area contributed by atoms with Crippen LogP contribution in [0.2, 0.25) is 0 Å². The minimum atomic E-state index is 0.247. The first-order valence-electron chi connectivity index (χ1n) is 7.73. The third-order valence-corrected chi connectivity index (χ3v) is 4.90. The molecule has 110 valence electrons. The maximum atomic E-state index is 11.9. The Labute approximate surface area is 117 Å². The number of rotatable bonds is 7. The summed E-state index contributed by atoms with van der Waals surface area (Å²) >= 11 is 0. The van der Waals surface area contributed by atoms with Gasteiger partial charge in [0.05, 0.1) is 0 Å². The Kier molecular flexibility index (Phi) is 5.22. The van der Waals surface area contributed by atoms with E-state index in [1.807, 2.05) is 7.05 Å². The van der Waals surface area contributed by atoms with Gasteiger partial charge in [-0.15, -0.1) is 0 Å². The number of amides is 1. The second kappa shape index (κ2) is 6.71. The second-order valence-electron chi connectivity index (χ2n) is 6.62. The molecule has 2 rings (SSSR count). The average molecular weight is 267 g/mol. The van der Waals surface area contributed by atoms with Crippen LogP contribution >= 0.6 is 0 Å². The van der Waals surface area contributed by atoms with E-state index in [4.69, 9.17) is 0 Å². The molecule has 1 atom stereocenters. The van der Waals surface area contributed by atoms with E-state index in [1.54, 1.807) is 0 Å². The van der Waals surface area contributed by atoms with E-state index in [2.05, 4.69) is 22.6 Å². The second-order valence-corrected chi connectivity index (χ2v) is 6.62. The van der Waals surface area contributed by atoms with Crippen LogP contribution in [0.25, 0.3) is 0 Å². The van der Waals surface area contributed by atoms with Gasteiger partial charge < -0.3 is 15.5 Å². The molecule has 4 heteroatoms. The topological polar surface area (TPSA) is 44.4 Å². The highest BCUT2D eigenvalue weighted by molar-refractivity contribution is 5.75. The Hall–Kier alpha value is -0.610. The Bertz CT molecular complexity index is 302. The third-order valence-electron chi connectivity index (χ3n) is 4.90. The highest BCUT2D eigenvalue weighted by atomic mass is 16.1. The lowest BCUT2D eigenvalue weighted by Crippen LogP contribution is -2.47. The summed E-state index contributed by atoms with van der Waals surface area (Å²) in [4.78, 5) is 14.3. The minimum Gasteiger partial charge on any atom is -0.355 e. The molecule has 19 heavy (non-hydrogen) atoms. The molecular weight excluding hydrogens is 238 g/mol. The smallest absolute Gasteiger partial charge is 0.220 e. The summed E-state index contributed by atoms with van der Waals surface area (Å²) in [6.07, 6.45) is 6.83. The summed E-state index contributed by atoms with van der Waals surface area (Å²) < 4.78 is 0. The van der Waals surface area contributed by atoms with Crippen LogP contribution < -0.4 is 10.6 Å². The molecule has 0 spiro atoms. The number of hydrogen-bond acceptors (Lipinski definition) is 3. The van der Waals surface area contributed by atoms with Crippen molar-refractivity contribution in [3.63, 3.8) is 0 Å². The maximum absolute atomic E-state index is 11.9. The van der Waals surface area contributed by atoms with Crippen LogP contribution in [-0.2, 0) is 4.79 Å². The number of nitrogens with one attached hydrogen (secondary N) is 2. The van der Waals surface area contributed by atoms with Gasteiger partial charge in [-0.25, -0.2) is 0 Å². The Morgan fingerprint density at radius 1 is 1.37 bits per heavy atom. The number of nitrogens with zero attached hydrogens (tertiary/aromatic N) is 1. The van der Waals surface area contributed by atoms with Gasteiger partial charge in [-0.05, 0) is 52.2 Å². The predicted octanol–water partition coefficient (Wildman–Crippen LogP) is 1.22. The lowest BCUT2D eigenvalue weighted by molar-refractivity contribution is -0.122. The van der Waals surface area contributed by atoms with Gasteiger partial charge in [0.2, 0.25) is 5.91 Å². The highest BCUT2D eigenvalue weighted by Crippen LogP contribution is 2.39. The molecule has 0 aromatic carbocycles. The zero-order valence-electron chi connectivity index (χ0n) is 12.5. The summed E-state index contributed by atoms with van der Waals surface area (Å²) in [5.41, 5.74) is 0.345. The van der Waals surface area contributed by atoms with E-state index in [0.717, 1.165) is 32.0 Å². The van der Waals surface area contributed by atoms with E-state index in [0.29, 0.717) is 11.8 Å². The van der Waals surface area contributed by atoms with Crippen molar-refractivity contribution in [3.05, 3.63) is 0 Å². The summed E-state index contributed by atoms with van der Waals surface area (Å²) in [5.74, 6) is 0.975. The Morgan fingerprint density at radius 2 is 2.16 bits per heavy atom. The van der Waals surface area contributed by atoms with E-state index >= 15 is 0 Å². The van der Waals surface area contributed by atoms with E-state index in [9.17, 15) is 4.79 Å². The molecule has 1 amide bonds. The molecule has 1 aliphatic heterocycles. The van der Waals surface area contributed by atoms with Gasteiger partial charge in [0.1, 0.15) is 0 Å². The lowest BCUT2D eigenvalue weighted by Gasteiger charge is -2.42. The van der Waals surface area contributed by atoms with E-state index in [-0.39, 0.29) is 5.91 Å². The Balaban J connectivity index is 1.61. The van der Waals surface area contributed by atoms with Crippen molar-refractivity contribution >= 4 is 5.91 Å². The zero-order chi connectivity index (χ0) is 13.7. The van der Waals surface area contributed by atoms with Gasteiger partial charge in [0, 0.05) is 31.5 Å². The van der Waals surface area contributed by atoms with Crippen molar-refractivity contribution in [2.45, 2.75) is 38.5 Å².